The summed E-state index contributed by atoms with van der Waals surface area (Å²) in [5, 5.41) is 6.54. The zero-order valence-corrected chi connectivity index (χ0v) is 18.0. The van der Waals surface area contributed by atoms with Gasteiger partial charge in [-0.2, -0.15) is 18.3 Å². The van der Waals surface area contributed by atoms with Crippen molar-refractivity contribution in [1.82, 2.24) is 25.1 Å². The maximum atomic E-state index is 12.6. The molecular weight excluding hydrogens is 427 g/mol. The molecule has 0 aromatic carbocycles. The highest BCUT2D eigenvalue weighted by Gasteiger charge is 2.32. The van der Waals surface area contributed by atoms with Gasteiger partial charge in [0.1, 0.15) is 5.82 Å². The summed E-state index contributed by atoms with van der Waals surface area (Å²) in [6.07, 6.45) is -1.91. The van der Waals surface area contributed by atoms with Crippen LogP contribution in [0.3, 0.4) is 0 Å². The number of H-pyrrole nitrogens is 1. The summed E-state index contributed by atoms with van der Waals surface area (Å²) in [5.41, 5.74) is -0.524. The van der Waals surface area contributed by atoms with Crippen LogP contribution in [0.1, 0.15) is 30.9 Å². The summed E-state index contributed by atoms with van der Waals surface area (Å²) >= 11 is 0. The number of aryl methyl sites for hydroxylation is 1. The first-order valence-electron chi connectivity index (χ1n) is 10.4. The highest BCUT2D eigenvalue weighted by atomic mass is 19.4. The van der Waals surface area contributed by atoms with Gasteiger partial charge in [-0.05, 0) is 26.3 Å². The number of carbonyl (C=O) groups is 1. The number of nitrogens with one attached hydrogen (secondary N) is 1. The molecule has 0 saturated carbocycles. The van der Waals surface area contributed by atoms with E-state index in [0.29, 0.717) is 63.5 Å². The van der Waals surface area contributed by atoms with Crippen molar-refractivity contribution in [3.05, 3.63) is 39.9 Å². The number of halogens is 3. The molecule has 3 rings (SSSR count). The predicted molar refractivity (Wildman–Crippen MR) is 113 cm³/mol. The lowest BCUT2D eigenvalue weighted by atomic mass is 10.2. The van der Waals surface area contributed by atoms with Gasteiger partial charge >= 0.3 is 6.18 Å². The molecule has 1 fully saturated rings. The van der Waals surface area contributed by atoms with Crippen molar-refractivity contribution >= 4 is 17.7 Å². The second kappa shape index (κ2) is 9.96. The van der Waals surface area contributed by atoms with E-state index in [1.165, 1.54) is 0 Å². The minimum absolute atomic E-state index is 0.0275. The van der Waals surface area contributed by atoms with E-state index in [1.807, 2.05) is 11.8 Å². The van der Waals surface area contributed by atoms with Gasteiger partial charge in [-0.15, -0.1) is 0 Å². The van der Waals surface area contributed by atoms with Crippen LogP contribution in [0, 0.1) is 6.92 Å². The Bertz CT molecular complexity index is 970. The Morgan fingerprint density at radius 3 is 2.41 bits per heavy atom. The molecular formula is C20H26F3N7O2. The Morgan fingerprint density at radius 2 is 1.84 bits per heavy atom. The first-order chi connectivity index (χ1) is 15.2. The number of carbonyl (C=O) groups excluding carboxylic acids is 1. The molecule has 3 heterocycles. The Hall–Kier alpha value is -3.18. The number of hydrogen-bond donors (Lipinski definition) is 1. The molecule has 0 unspecified atom stereocenters. The van der Waals surface area contributed by atoms with Crippen LogP contribution in [0.5, 0.6) is 0 Å². The van der Waals surface area contributed by atoms with Gasteiger partial charge in [-0.1, -0.05) is 0 Å². The number of aromatic nitrogens is 4. The average Bonchev–Trinajstić information content (AvgIpc) is 2.78. The van der Waals surface area contributed by atoms with Crippen LogP contribution in [0.2, 0.25) is 0 Å². The fourth-order valence-electron chi connectivity index (χ4n) is 3.45. The Kier molecular flexibility index (Phi) is 7.31. The molecule has 1 aliphatic heterocycles. The van der Waals surface area contributed by atoms with Crippen molar-refractivity contribution in [3.8, 4) is 0 Å². The van der Waals surface area contributed by atoms with Crippen LogP contribution >= 0.6 is 0 Å². The smallest absolute Gasteiger partial charge is 0.355 e. The topological polar surface area (TPSA) is 98.3 Å². The summed E-state index contributed by atoms with van der Waals surface area (Å²) in [5.74, 6) is 0.925. The molecule has 32 heavy (non-hydrogen) atoms. The molecule has 2 aromatic rings. The number of anilines is 2. The van der Waals surface area contributed by atoms with E-state index >= 15 is 0 Å². The summed E-state index contributed by atoms with van der Waals surface area (Å²) in [6.45, 7) is 6.85. The molecule has 0 spiro atoms. The molecule has 1 aliphatic rings. The molecule has 0 aliphatic carbocycles. The lowest BCUT2D eigenvalue weighted by Crippen LogP contribution is -2.49. The van der Waals surface area contributed by atoms with Gasteiger partial charge < -0.3 is 14.7 Å². The van der Waals surface area contributed by atoms with Gasteiger partial charge in [0.2, 0.25) is 11.9 Å². The van der Waals surface area contributed by atoms with Gasteiger partial charge in [-0.3, -0.25) is 9.59 Å². The lowest BCUT2D eigenvalue weighted by molar-refractivity contribution is -0.138. The summed E-state index contributed by atoms with van der Waals surface area (Å²) in [4.78, 5) is 37.2. The SMILES string of the molecule is CCN(CCCC(=O)N1CCN(c2ncc(C(F)(F)F)cn2)CC1)c1cc(C)c(=O)[nH]n1. The second-order valence-corrected chi connectivity index (χ2v) is 7.56. The molecule has 1 saturated heterocycles. The second-order valence-electron chi connectivity index (χ2n) is 7.56. The molecule has 1 amide bonds. The molecule has 174 valence electrons. The van der Waals surface area contributed by atoms with Crippen LogP contribution in [-0.2, 0) is 11.0 Å². The Morgan fingerprint density at radius 1 is 1.19 bits per heavy atom. The monoisotopic (exact) mass is 453 g/mol. The third-order valence-corrected chi connectivity index (χ3v) is 5.38. The van der Waals surface area contributed by atoms with Gasteiger partial charge in [0.25, 0.3) is 5.56 Å². The molecule has 0 atom stereocenters. The standard InChI is InChI=1S/C20H26F3N7O2/c1-3-28(16-11-14(2)18(32)27-26-16)6-4-5-17(31)29-7-9-30(10-8-29)19-24-12-15(13-25-19)20(21,22)23/h11-13H,3-10H2,1-2H3,(H,27,32). The molecule has 1 N–H and O–H groups in total. The highest BCUT2D eigenvalue weighted by Crippen LogP contribution is 2.28. The van der Waals surface area contributed by atoms with Crippen molar-refractivity contribution < 1.29 is 18.0 Å². The molecule has 2 aromatic heterocycles. The van der Waals surface area contributed by atoms with Gasteiger partial charge in [-0.25, -0.2) is 15.1 Å². The first kappa shape index (κ1) is 23.5. The third kappa shape index (κ3) is 5.74. The zero-order chi connectivity index (χ0) is 23.3. The molecule has 0 radical (unpaired) electrons. The highest BCUT2D eigenvalue weighted by molar-refractivity contribution is 5.76. The van der Waals surface area contributed by atoms with Crippen molar-refractivity contribution in [2.75, 3.05) is 49.1 Å². The maximum absolute atomic E-state index is 12.6. The van der Waals surface area contributed by atoms with Crippen molar-refractivity contribution in [2.24, 2.45) is 0 Å². The molecule has 12 heteroatoms. The number of hydrogen-bond acceptors (Lipinski definition) is 7. The predicted octanol–water partition coefficient (Wildman–Crippen LogP) is 1.84. The minimum atomic E-state index is -4.47. The average molecular weight is 453 g/mol. The summed E-state index contributed by atoms with van der Waals surface area (Å²) in [7, 11) is 0. The minimum Gasteiger partial charge on any atom is -0.355 e. The van der Waals surface area contributed by atoms with Crippen molar-refractivity contribution in [2.45, 2.75) is 32.9 Å². The normalized spacial score (nSPS) is 14.5. The van der Waals surface area contributed by atoms with Crippen LogP contribution in [0.25, 0.3) is 0 Å². The van der Waals surface area contributed by atoms with E-state index in [4.69, 9.17) is 0 Å². The van der Waals surface area contributed by atoms with Crippen molar-refractivity contribution in [3.63, 3.8) is 0 Å². The van der Waals surface area contributed by atoms with Crippen LogP contribution < -0.4 is 15.4 Å². The van der Waals surface area contributed by atoms with Crippen molar-refractivity contribution in [1.29, 1.82) is 0 Å². The van der Waals surface area contributed by atoms with Crippen LogP contribution in [0.4, 0.5) is 24.9 Å². The molecule has 0 bridgehead atoms. The lowest BCUT2D eigenvalue weighted by Gasteiger charge is -2.35. The van der Waals surface area contributed by atoms with E-state index < -0.39 is 11.7 Å². The number of alkyl halides is 3. The Labute approximate surface area is 183 Å². The fourth-order valence-corrected chi connectivity index (χ4v) is 3.45. The number of aromatic amines is 1. The third-order valence-electron chi connectivity index (χ3n) is 5.38. The van der Waals surface area contributed by atoms with Crippen LogP contribution in [-0.4, -0.2) is 70.2 Å². The Balaban J connectivity index is 1.46. The van der Waals surface area contributed by atoms with E-state index in [2.05, 4.69) is 20.2 Å². The maximum Gasteiger partial charge on any atom is 0.419 e. The summed E-state index contributed by atoms with van der Waals surface area (Å²) < 4.78 is 37.9. The first-order valence-corrected chi connectivity index (χ1v) is 10.4. The van der Waals surface area contributed by atoms with E-state index in [9.17, 15) is 22.8 Å². The van der Waals surface area contributed by atoms with E-state index in [-0.39, 0.29) is 17.4 Å². The number of amides is 1. The summed E-state index contributed by atoms with van der Waals surface area (Å²) in [6, 6.07) is 1.73. The van der Waals surface area contributed by atoms with E-state index in [1.54, 1.807) is 22.8 Å². The number of nitrogens with zero attached hydrogens (tertiary/aromatic N) is 6. The number of piperazine rings is 1. The van der Waals surface area contributed by atoms with Gasteiger partial charge in [0.15, 0.2) is 0 Å². The van der Waals surface area contributed by atoms with Crippen LogP contribution in [0.15, 0.2) is 23.3 Å². The van der Waals surface area contributed by atoms with Gasteiger partial charge in [0.05, 0.1) is 5.56 Å². The van der Waals surface area contributed by atoms with Gasteiger partial charge in [0, 0.05) is 63.6 Å². The van der Waals surface area contributed by atoms with E-state index in [0.717, 1.165) is 12.4 Å². The quantitative estimate of drug-likeness (QED) is 0.683. The molecule has 9 nitrogen and oxygen atoms in total. The zero-order valence-electron chi connectivity index (χ0n) is 18.0. The largest absolute Gasteiger partial charge is 0.419 e. The number of rotatable bonds is 7. The fraction of sp³-hybridized carbons (Fsp3) is 0.550.